The summed E-state index contributed by atoms with van der Waals surface area (Å²) >= 11 is 0. The summed E-state index contributed by atoms with van der Waals surface area (Å²) in [6, 6.07) is -1.81. The van der Waals surface area contributed by atoms with Gasteiger partial charge in [-0.3, -0.25) is 14.6 Å². The van der Waals surface area contributed by atoms with Crippen LogP contribution >= 0.6 is 0 Å². The van der Waals surface area contributed by atoms with Crippen molar-refractivity contribution in [2.45, 2.75) is 58.2 Å². The summed E-state index contributed by atoms with van der Waals surface area (Å²) in [5, 5.41) is 4.13. The van der Waals surface area contributed by atoms with Crippen molar-refractivity contribution >= 4 is 5.91 Å². The van der Waals surface area contributed by atoms with Crippen LogP contribution in [0.3, 0.4) is 0 Å². The Morgan fingerprint density at radius 3 is 2.79 bits per heavy atom. The molecule has 2 atom stereocenters. The number of hydrogen-bond acceptors (Lipinski definition) is 4. The molecule has 0 bridgehead atoms. The fourth-order valence-electron chi connectivity index (χ4n) is 4.21. The number of rotatable bonds is 2. The number of likely N-dealkylation sites (tertiary alicyclic amines) is 1. The highest BCUT2D eigenvalue weighted by Gasteiger charge is 2.48. The number of alkyl halides is 3. The Kier molecular flexibility index (Phi) is 4.74. The van der Waals surface area contributed by atoms with Crippen LogP contribution in [0.1, 0.15) is 53.5 Å². The van der Waals surface area contributed by atoms with E-state index in [1.807, 2.05) is 0 Å². The molecule has 1 saturated heterocycles. The molecular formula is C19H22F3N5O2. The SMILES string of the molecule is Cc1c(C(=O)N2CC[C@H](C)C[C@@H]2C(F)(F)F)cnn1-c1nc2c(c(=O)[nH]1)CCC2. The molecule has 0 saturated carbocycles. The molecule has 2 aromatic rings. The molecule has 0 radical (unpaired) electrons. The molecule has 2 aromatic heterocycles. The van der Waals surface area contributed by atoms with Gasteiger partial charge in [-0.25, -0.2) is 9.67 Å². The molecule has 10 heteroatoms. The van der Waals surface area contributed by atoms with E-state index < -0.39 is 18.1 Å². The molecule has 1 aliphatic carbocycles. The van der Waals surface area contributed by atoms with Gasteiger partial charge in [-0.15, -0.1) is 0 Å². The van der Waals surface area contributed by atoms with Crippen LogP contribution in [0.15, 0.2) is 11.0 Å². The van der Waals surface area contributed by atoms with Crippen molar-refractivity contribution in [2.24, 2.45) is 5.92 Å². The minimum Gasteiger partial charge on any atom is -0.326 e. The molecule has 1 N–H and O–H groups in total. The lowest BCUT2D eigenvalue weighted by Crippen LogP contribution is -2.53. The van der Waals surface area contributed by atoms with Crippen LogP contribution in [-0.2, 0) is 12.8 Å². The Balaban J connectivity index is 1.67. The smallest absolute Gasteiger partial charge is 0.326 e. The molecule has 0 spiro atoms. The van der Waals surface area contributed by atoms with Crippen molar-refractivity contribution in [2.75, 3.05) is 6.54 Å². The molecule has 29 heavy (non-hydrogen) atoms. The Morgan fingerprint density at radius 2 is 2.07 bits per heavy atom. The number of halogens is 3. The molecule has 4 rings (SSSR count). The first-order chi connectivity index (χ1) is 13.7. The van der Waals surface area contributed by atoms with E-state index in [-0.39, 0.29) is 36.0 Å². The molecule has 7 nitrogen and oxygen atoms in total. The third-order valence-electron chi connectivity index (χ3n) is 5.87. The maximum absolute atomic E-state index is 13.5. The zero-order valence-electron chi connectivity index (χ0n) is 16.2. The van der Waals surface area contributed by atoms with E-state index in [0.29, 0.717) is 36.2 Å². The normalized spacial score (nSPS) is 22.0. The molecular weight excluding hydrogens is 387 g/mol. The summed E-state index contributed by atoms with van der Waals surface area (Å²) in [4.78, 5) is 33.2. The van der Waals surface area contributed by atoms with E-state index in [1.165, 1.54) is 10.9 Å². The summed E-state index contributed by atoms with van der Waals surface area (Å²) in [5.41, 5.74) is 1.54. The van der Waals surface area contributed by atoms with E-state index in [1.54, 1.807) is 13.8 Å². The summed E-state index contributed by atoms with van der Waals surface area (Å²) < 4.78 is 41.9. The van der Waals surface area contributed by atoms with Gasteiger partial charge < -0.3 is 4.90 Å². The predicted octanol–water partition coefficient (Wildman–Crippen LogP) is 2.56. The number of aryl methyl sites for hydroxylation is 1. The molecule has 156 valence electrons. The average Bonchev–Trinajstić information content (AvgIpc) is 3.27. The first-order valence-electron chi connectivity index (χ1n) is 9.71. The van der Waals surface area contributed by atoms with Crippen molar-refractivity contribution in [1.29, 1.82) is 0 Å². The van der Waals surface area contributed by atoms with Gasteiger partial charge in [0, 0.05) is 12.1 Å². The second-order valence-electron chi connectivity index (χ2n) is 7.91. The molecule has 1 amide bonds. The number of hydrogen-bond donors (Lipinski definition) is 1. The van der Waals surface area contributed by atoms with Crippen LogP contribution in [0.2, 0.25) is 0 Å². The Morgan fingerprint density at radius 1 is 1.31 bits per heavy atom. The van der Waals surface area contributed by atoms with Gasteiger partial charge in [-0.1, -0.05) is 6.92 Å². The fourth-order valence-corrected chi connectivity index (χ4v) is 4.21. The summed E-state index contributed by atoms with van der Waals surface area (Å²) in [6.07, 6.45) is -0.614. The predicted molar refractivity (Wildman–Crippen MR) is 98.0 cm³/mol. The van der Waals surface area contributed by atoms with Gasteiger partial charge in [0.1, 0.15) is 6.04 Å². The molecule has 0 aromatic carbocycles. The van der Waals surface area contributed by atoms with E-state index >= 15 is 0 Å². The molecule has 3 heterocycles. The highest BCUT2D eigenvalue weighted by Crippen LogP contribution is 2.35. The lowest BCUT2D eigenvalue weighted by atomic mass is 9.91. The monoisotopic (exact) mass is 409 g/mol. The maximum Gasteiger partial charge on any atom is 0.408 e. The first-order valence-corrected chi connectivity index (χ1v) is 9.71. The second kappa shape index (κ2) is 7.00. The van der Waals surface area contributed by atoms with E-state index in [2.05, 4.69) is 15.1 Å². The fraction of sp³-hybridized carbons (Fsp3) is 0.579. The number of nitrogens with zero attached hydrogens (tertiary/aromatic N) is 4. The summed E-state index contributed by atoms with van der Waals surface area (Å²) in [6.45, 7) is 3.39. The van der Waals surface area contributed by atoms with E-state index in [0.717, 1.165) is 11.3 Å². The summed E-state index contributed by atoms with van der Waals surface area (Å²) in [5.74, 6) is -0.631. The van der Waals surface area contributed by atoms with Crippen molar-refractivity contribution < 1.29 is 18.0 Å². The number of carbonyl (C=O) groups excluding carboxylic acids is 1. The molecule has 0 unspecified atom stereocenters. The molecule has 1 aliphatic heterocycles. The number of nitrogens with one attached hydrogen (secondary N) is 1. The van der Waals surface area contributed by atoms with Gasteiger partial charge in [0.05, 0.1) is 23.1 Å². The van der Waals surface area contributed by atoms with Crippen LogP contribution in [0.5, 0.6) is 0 Å². The van der Waals surface area contributed by atoms with Gasteiger partial charge in [0.2, 0.25) is 5.95 Å². The van der Waals surface area contributed by atoms with Gasteiger partial charge in [-0.05, 0) is 44.9 Å². The largest absolute Gasteiger partial charge is 0.408 e. The molecule has 2 aliphatic rings. The summed E-state index contributed by atoms with van der Waals surface area (Å²) in [7, 11) is 0. The van der Waals surface area contributed by atoms with Crippen molar-refractivity contribution in [3.05, 3.63) is 39.1 Å². The topological polar surface area (TPSA) is 83.9 Å². The van der Waals surface area contributed by atoms with Crippen molar-refractivity contribution in [1.82, 2.24) is 24.6 Å². The standard InChI is InChI=1S/C19H22F3N5O2/c1-10-6-7-26(15(8-10)19(20,21)22)17(29)13-9-23-27(11(13)2)18-24-14-5-3-4-12(14)16(28)25-18/h9-10,15H,3-8H2,1-2H3,(H,24,25,28)/t10-,15+/m0/s1. The maximum atomic E-state index is 13.5. The van der Waals surface area contributed by atoms with Gasteiger partial charge in [0.15, 0.2) is 0 Å². The Bertz CT molecular complexity index is 1010. The van der Waals surface area contributed by atoms with Gasteiger partial charge in [0.25, 0.3) is 11.5 Å². The van der Waals surface area contributed by atoms with Gasteiger partial charge >= 0.3 is 6.18 Å². The van der Waals surface area contributed by atoms with Crippen LogP contribution in [0.25, 0.3) is 5.95 Å². The Hall–Kier alpha value is -2.65. The number of H-pyrrole nitrogens is 1. The van der Waals surface area contributed by atoms with Crippen LogP contribution in [0, 0.1) is 12.8 Å². The second-order valence-corrected chi connectivity index (χ2v) is 7.91. The molecule has 1 fully saturated rings. The lowest BCUT2D eigenvalue weighted by Gasteiger charge is -2.39. The zero-order valence-corrected chi connectivity index (χ0v) is 16.2. The minimum absolute atomic E-state index is 0.0444. The minimum atomic E-state index is -4.49. The highest BCUT2D eigenvalue weighted by atomic mass is 19.4. The number of aromatic amines is 1. The van der Waals surface area contributed by atoms with Crippen molar-refractivity contribution in [3.63, 3.8) is 0 Å². The average molecular weight is 409 g/mol. The Labute approximate surface area is 164 Å². The number of piperidine rings is 1. The zero-order chi connectivity index (χ0) is 20.9. The van der Waals surface area contributed by atoms with Crippen LogP contribution in [0.4, 0.5) is 13.2 Å². The number of fused-ring (bicyclic) bond motifs is 1. The number of amides is 1. The van der Waals surface area contributed by atoms with Crippen molar-refractivity contribution in [3.8, 4) is 5.95 Å². The number of carbonyl (C=O) groups is 1. The quantitative estimate of drug-likeness (QED) is 0.826. The number of aromatic nitrogens is 4. The first kappa shape index (κ1) is 19.7. The van der Waals surface area contributed by atoms with Crippen LogP contribution < -0.4 is 5.56 Å². The van der Waals surface area contributed by atoms with E-state index in [4.69, 9.17) is 0 Å². The third-order valence-corrected chi connectivity index (χ3v) is 5.87. The van der Waals surface area contributed by atoms with Gasteiger partial charge in [-0.2, -0.15) is 18.3 Å². The van der Waals surface area contributed by atoms with Crippen LogP contribution in [-0.4, -0.2) is 49.3 Å². The lowest BCUT2D eigenvalue weighted by molar-refractivity contribution is -0.186. The third kappa shape index (κ3) is 3.44. The van der Waals surface area contributed by atoms with E-state index in [9.17, 15) is 22.8 Å². The highest BCUT2D eigenvalue weighted by molar-refractivity contribution is 5.95.